The van der Waals surface area contributed by atoms with E-state index in [1.807, 2.05) is 0 Å². The molecule has 0 radical (unpaired) electrons. The number of benzene rings is 1. The molecule has 1 rings (SSSR count). The Kier molecular flexibility index (Phi) is 6.55. The lowest BCUT2D eigenvalue weighted by Gasteiger charge is -2.23. The van der Waals surface area contributed by atoms with Crippen LogP contribution in [0.2, 0.25) is 0 Å². The van der Waals surface area contributed by atoms with Crippen molar-refractivity contribution in [3.05, 3.63) is 40.3 Å². The number of azide groups is 1. The van der Waals surface area contributed by atoms with E-state index in [0.29, 0.717) is 11.3 Å². The molecule has 0 aliphatic rings. The van der Waals surface area contributed by atoms with E-state index in [1.165, 1.54) is 0 Å². The lowest BCUT2D eigenvalue weighted by Crippen LogP contribution is -2.04. The Bertz CT molecular complexity index is 504. The van der Waals surface area contributed by atoms with Gasteiger partial charge in [0.25, 0.3) is 0 Å². The van der Waals surface area contributed by atoms with E-state index in [9.17, 15) is 4.57 Å². The highest BCUT2D eigenvalue weighted by molar-refractivity contribution is 7.54. The van der Waals surface area contributed by atoms with Gasteiger partial charge in [-0.3, -0.25) is 4.57 Å². The molecule has 8 heteroatoms. The van der Waals surface area contributed by atoms with Gasteiger partial charge >= 0.3 is 7.60 Å². The summed E-state index contributed by atoms with van der Waals surface area (Å²) in [5, 5.41) is 3.59. The minimum absolute atomic E-state index is 0.199. The molecule has 1 aromatic rings. The number of methoxy groups -OCH3 is 1. The topological polar surface area (TPSA) is 93.5 Å². The molecule has 1 aromatic carbocycles. The van der Waals surface area contributed by atoms with Crippen molar-refractivity contribution in [3.63, 3.8) is 0 Å². The maximum atomic E-state index is 12.7. The fraction of sp³-hybridized carbons (Fsp3) is 0.500. The maximum Gasteiger partial charge on any atom is 0.344 e. The summed E-state index contributed by atoms with van der Waals surface area (Å²) in [4.78, 5) is 2.75. The Labute approximate surface area is 118 Å². The van der Waals surface area contributed by atoms with Crippen LogP contribution >= 0.6 is 7.60 Å². The second-order valence-corrected chi connectivity index (χ2v) is 5.81. The molecule has 0 aliphatic heterocycles. The summed E-state index contributed by atoms with van der Waals surface area (Å²) in [5.41, 5.74) is 9.25. The largest absolute Gasteiger partial charge is 0.497 e. The van der Waals surface area contributed by atoms with E-state index in [4.69, 9.17) is 19.3 Å². The Morgan fingerprint density at radius 3 is 2.20 bits per heavy atom. The zero-order chi connectivity index (χ0) is 15.0. The van der Waals surface area contributed by atoms with Gasteiger partial charge in [-0.25, -0.2) is 0 Å². The number of rotatable bonds is 8. The third-order valence-electron chi connectivity index (χ3n) is 2.49. The first-order valence-electron chi connectivity index (χ1n) is 6.18. The van der Waals surface area contributed by atoms with Crippen LogP contribution in [0.5, 0.6) is 5.75 Å². The molecule has 7 nitrogen and oxygen atoms in total. The molecule has 1 unspecified atom stereocenters. The average molecular weight is 299 g/mol. The van der Waals surface area contributed by atoms with Crippen molar-refractivity contribution >= 4 is 7.60 Å². The van der Waals surface area contributed by atoms with Crippen LogP contribution in [0, 0.1) is 0 Å². The SMILES string of the molecule is CCOP(=O)(OCC)C(N=[N+]=[N-])c1ccc(OC)cc1. The van der Waals surface area contributed by atoms with Gasteiger partial charge in [0.2, 0.25) is 0 Å². The van der Waals surface area contributed by atoms with Crippen molar-refractivity contribution < 1.29 is 18.3 Å². The lowest BCUT2D eigenvalue weighted by atomic mass is 10.2. The minimum Gasteiger partial charge on any atom is -0.497 e. The van der Waals surface area contributed by atoms with Crippen LogP contribution in [-0.2, 0) is 13.6 Å². The fourth-order valence-electron chi connectivity index (χ4n) is 1.68. The zero-order valence-electron chi connectivity index (χ0n) is 11.7. The molecule has 0 saturated heterocycles. The number of ether oxygens (including phenoxy) is 1. The molecular formula is C12H18N3O4P. The zero-order valence-corrected chi connectivity index (χ0v) is 12.6. The Balaban J connectivity index is 3.19. The molecule has 1 atom stereocenters. The molecule has 0 amide bonds. The van der Waals surface area contributed by atoms with E-state index in [2.05, 4.69) is 10.0 Å². The van der Waals surface area contributed by atoms with Crippen LogP contribution in [0.1, 0.15) is 25.2 Å². The monoisotopic (exact) mass is 299 g/mol. The summed E-state index contributed by atoms with van der Waals surface area (Å²) in [5.74, 6) is -0.366. The van der Waals surface area contributed by atoms with Gasteiger partial charge in [0.1, 0.15) is 5.75 Å². The Morgan fingerprint density at radius 1 is 1.25 bits per heavy atom. The molecule has 0 bridgehead atoms. The van der Waals surface area contributed by atoms with Crippen LogP contribution < -0.4 is 4.74 Å². The summed E-state index contributed by atoms with van der Waals surface area (Å²) in [6, 6.07) is 6.72. The van der Waals surface area contributed by atoms with Crippen LogP contribution in [-0.4, -0.2) is 20.3 Å². The number of hydrogen-bond acceptors (Lipinski definition) is 5. The van der Waals surface area contributed by atoms with Gasteiger partial charge in [-0.1, -0.05) is 17.2 Å². The molecule has 110 valence electrons. The number of nitrogens with zero attached hydrogens (tertiary/aromatic N) is 3. The third kappa shape index (κ3) is 3.99. The first kappa shape index (κ1) is 16.5. The van der Waals surface area contributed by atoms with Crippen molar-refractivity contribution in [3.8, 4) is 5.75 Å². The second kappa shape index (κ2) is 7.92. The van der Waals surface area contributed by atoms with Gasteiger partial charge in [0.15, 0.2) is 5.78 Å². The summed E-state index contributed by atoms with van der Waals surface area (Å²) in [7, 11) is -2.01. The summed E-state index contributed by atoms with van der Waals surface area (Å²) in [6.45, 7) is 3.80. The molecule has 0 N–H and O–H groups in total. The summed E-state index contributed by atoms with van der Waals surface area (Å²) in [6.07, 6.45) is 0. The van der Waals surface area contributed by atoms with E-state index < -0.39 is 13.4 Å². The van der Waals surface area contributed by atoms with Crippen LogP contribution in [0.25, 0.3) is 10.4 Å². The van der Waals surface area contributed by atoms with Crippen LogP contribution in [0.15, 0.2) is 29.4 Å². The number of hydrogen-bond donors (Lipinski definition) is 0. The van der Waals surface area contributed by atoms with Crippen molar-refractivity contribution in [2.24, 2.45) is 5.11 Å². The quantitative estimate of drug-likeness (QED) is 0.310. The van der Waals surface area contributed by atoms with Crippen LogP contribution in [0.4, 0.5) is 0 Å². The molecule has 0 aromatic heterocycles. The van der Waals surface area contributed by atoms with Gasteiger partial charge in [-0.05, 0) is 37.1 Å². The highest BCUT2D eigenvalue weighted by atomic mass is 31.2. The molecule has 0 saturated carbocycles. The predicted octanol–water partition coefficient (Wildman–Crippen LogP) is 4.27. The predicted molar refractivity (Wildman–Crippen MR) is 75.7 cm³/mol. The average Bonchev–Trinajstić information content (AvgIpc) is 2.45. The Morgan fingerprint density at radius 2 is 1.80 bits per heavy atom. The van der Waals surface area contributed by atoms with Crippen LogP contribution in [0.3, 0.4) is 0 Å². The standard InChI is InChI=1S/C12H18N3O4P/c1-4-18-20(16,19-5-2)12(14-15-13)10-6-8-11(17-3)9-7-10/h6-9,12H,4-5H2,1-3H3. The smallest absolute Gasteiger partial charge is 0.344 e. The second-order valence-electron chi connectivity index (χ2n) is 3.73. The van der Waals surface area contributed by atoms with Crippen molar-refractivity contribution in [1.82, 2.24) is 0 Å². The van der Waals surface area contributed by atoms with Gasteiger partial charge in [-0.2, -0.15) is 0 Å². The molecule has 20 heavy (non-hydrogen) atoms. The highest BCUT2D eigenvalue weighted by Crippen LogP contribution is 2.61. The molecular weight excluding hydrogens is 281 g/mol. The van der Waals surface area contributed by atoms with Gasteiger partial charge in [0.05, 0.1) is 20.3 Å². The molecule has 0 heterocycles. The normalized spacial score (nSPS) is 12.6. The maximum absolute atomic E-state index is 12.7. The van der Waals surface area contributed by atoms with Crippen molar-refractivity contribution in [1.29, 1.82) is 0 Å². The molecule has 0 fully saturated rings. The third-order valence-corrected chi connectivity index (χ3v) is 4.73. The summed E-state index contributed by atoms with van der Waals surface area (Å²) >= 11 is 0. The van der Waals surface area contributed by atoms with Gasteiger partial charge < -0.3 is 13.8 Å². The summed E-state index contributed by atoms with van der Waals surface area (Å²) < 4.78 is 28.2. The molecule has 0 aliphatic carbocycles. The van der Waals surface area contributed by atoms with E-state index in [1.54, 1.807) is 45.2 Å². The van der Waals surface area contributed by atoms with Crippen molar-refractivity contribution in [2.75, 3.05) is 20.3 Å². The fourth-order valence-corrected chi connectivity index (χ4v) is 3.46. The van der Waals surface area contributed by atoms with E-state index >= 15 is 0 Å². The van der Waals surface area contributed by atoms with Gasteiger partial charge in [0, 0.05) is 4.91 Å². The lowest BCUT2D eigenvalue weighted by molar-refractivity contribution is 0.212. The first-order chi connectivity index (χ1) is 9.61. The molecule has 0 spiro atoms. The van der Waals surface area contributed by atoms with Gasteiger partial charge in [-0.15, -0.1) is 0 Å². The first-order valence-corrected chi connectivity index (χ1v) is 7.79. The highest BCUT2D eigenvalue weighted by Gasteiger charge is 2.36. The Hall–Kier alpha value is -1.52. The van der Waals surface area contributed by atoms with E-state index in [0.717, 1.165) is 0 Å². The minimum atomic E-state index is -3.55. The van der Waals surface area contributed by atoms with Crippen molar-refractivity contribution in [2.45, 2.75) is 19.6 Å². The van der Waals surface area contributed by atoms with E-state index in [-0.39, 0.29) is 13.2 Å².